The molecule has 21 heavy (non-hydrogen) atoms. The van der Waals surface area contributed by atoms with Gasteiger partial charge in [0, 0.05) is 5.56 Å². The molecule has 1 heterocycles. The van der Waals surface area contributed by atoms with Crippen molar-refractivity contribution in [2.45, 2.75) is 0 Å². The van der Waals surface area contributed by atoms with Gasteiger partial charge in [-0.1, -0.05) is 12.1 Å². The summed E-state index contributed by atoms with van der Waals surface area (Å²) in [5, 5.41) is 8.90. The molecule has 102 valence electrons. The summed E-state index contributed by atoms with van der Waals surface area (Å²) in [5.74, 6) is 0.321. The molecule has 0 aliphatic rings. The third-order valence-corrected chi connectivity index (χ3v) is 3.19. The van der Waals surface area contributed by atoms with E-state index >= 15 is 0 Å². The molecule has 5 nitrogen and oxygen atoms in total. The number of nitrogens with zero attached hydrogens (tertiary/aromatic N) is 2. The Kier molecular flexibility index (Phi) is 3.13. The van der Waals surface area contributed by atoms with Crippen molar-refractivity contribution in [3.8, 4) is 17.5 Å². The van der Waals surface area contributed by atoms with Gasteiger partial charge >= 0.3 is 5.97 Å². The molecule has 0 radical (unpaired) electrons. The van der Waals surface area contributed by atoms with Gasteiger partial charge in [0.05, 0.1) is 35.3 Å². The molecule has 5 heteroatoms. The number of imidazole rings is 1. The van der Waals surface area contributed by atoms with Gasteiger partial charge in [0.25, 0.3) is 0 Å². The van der Waals surface area contributed by atoms with Crippen LogP contribution in [-0.2, 0) is 4.74 Å². The molecule has 1 aromatic heterocycles. The molecule has 1 N–H and O–H groups in total. The largest absolute Gasteiger partial charge is 0.465 e. The van der Waals surface area contributed by atoms with Crippen molar-refractivity contribution in [3.05, 3.63) is 53.6 Å². The van der Waals surface area contributed by atoms with Crippen molar-refractivity contribution in [1.29, 1.82) is 5.26 Å². The predicted molar refractivity (Wildman–Crippen MR) is 77.6 cm³/mol. The van der Waals surface area contributed by atoms with Gasteiger partial charge in [-0.15, -0.1) is 0 Å². The van der Waals surface area contributed by atoms with Crippen LogP contribution in [0.5, 0.6) is 0 Å². The van der Waals surface area contributed by atoms with E-state index in [2.05, 4.69) is 20.8 Å². The Morgan fingerprint density at radius 3 is 2.67 bits per heavy atom. The molecule has 0 saturated heterocycles. The first kappa shape index (κ1) is 12.9. The fourth-order valence-electron chi connectivity index (χ4n) is 2.10. The molecule has 0 aliphatic heterocycles. The van der Waals surface area contributed by atoms with Crippen LogP contribution in [-0.4, -0.2) is 23.0 Å². The lowest BCUT2D eigenvalue weighted by molar-refractivity contribution is 0.0601. The minimum absolute atomic E-state index is 0.371. The van der Waals surface area contributed by atoms with E-state index in [9.17, 15) is 4.79 Å². The van der Waals surface area contributed by atoms with Crippen molar-refractivity contribution in [3.63, 3.8) is 0 Å². The standard InChI is InChI=1S/C16H11N3O2/c1-21-16(20)12-5-3-11(4-6-12)15-18-13-7-2-10(9-17)8-14(13)19-15/h2-8H,1H3,(H,18,19). The first-order valence-corrected chi connectivity index (χ1v) is 6.30. The summed E-state index contributed by atoms with van der Waals surface area (Å²) in [6.07, 6.45) is 0. The number of H-pyrrole nitrogens is 1. The number of rotatable bonds is 2. The van der Waals surface area contributed by atoms with Crippen LogP contribution >= 0.6 is 0 Å². The second-order valence-corrected chi connectivity index (χ2v) is 4.50. The molecule has 0 fully saturated rings. The lowest BCUT2D eigenvalue weighted by Gasteiger charge is -2.00. The predicted octanol–water partition coefficient (Wildman–Crippen LogP) is 2.89. The summed E-state index contributed by atoms with van der Waals surface area (Å²) < 4.78 is 4.66. The van der Waals surface area contributed by atoms with Crippen molar-refractivity contribution >= 4 is 17.0 Å². The average molecular weight is 277 g/mol. The Balaban J connectivity index is 2.00. The number of nitrogens with one attached hydrogen (secondary N) is 1. The summed E-state index contributed by atoms with van der Waals surface area (Å²) in [7, 11) is 1.35. The number of hydrogen-bond donors (Lipinski definition) is 1. The van der Waals surface area contributed by atoms with Gasteiger partial charge in [-0.2, -0.15) is 5.26 Å². The van der Waals surface area contributed by atoms with Crippen LogP contribution in [0.2, 0.25) is 0 Å². The highest BCUT2D eigenvalue weighted by molar-refractivity contribution is 5.90. The third kappa shape index (κ3) is 2.35. The first-order chi connectivity index (χ1) is 10.2. The molecule has 2 aromatic carbocycles. The number of aromatic amines is 1. The first-order valence-electron chi connectivity index (χ1n) is 6.30. The number of hydrogen-bond acceptors (Lipinski definition) is 4. The Hall–Kier alpha value is -3.13. The summed E-state index contributed by atoms with van der Waals surface area (Å²) in [5.41, 5.74) is 3.53. The normalized spacial score (nSPS) is 10.3. The summed E-state index contributed by atoms with van der Waals surface area (Å²) >= 11 is 0. The van der Waals surface area contributed by atoms with Crippen LogP contribution in [0, 0.1) is 11.3 Å². The number of carbonyl (C=O) groups excluding carboxylic acids is 1. The third-order valence-electron chi connectivity index (χ3n) is 3.19. The zero-order valence-corrected chi connectivity index (χ0v) is 11.3. The van der Waals surface area contributed by atoms with E-state index in [1.54, 1.807) is 42.5 Å². The van der Waals surface area contributed by atoms with Gasteiger partial charge in [-0.05, 0) is 30.3 Å². The number of ether oxygens (including phenoxy) is 1. The Labute approximate surface area is 120 Å². The summed E-state index contributed by atoms with van der Waals surface area (Å²) in [6.45, 7) is 0. The Morgan fingerprint density at radius 2 is 2.00 bits per heavy atom. The molecule has 0 unspecified atom stereocenters. The second-order valence-electron chi connectivity index (χ2n) is 4.50. The van der Waals surface area contributed by atoms with Crippen LogP contribution in [0.4, 0.5) is 0 Å². The van der Waals surface area contributed by atoms with E-state index in [1.807, 2.05) is 0 Å². The monoisotopic (exact) mass is 277 g/mol. The lowest BCUT2D eigenvalue weighted by atomic mass is 10.1. The number of esters is 1. The van der Waals surface area contributed by atoms with Crippen LogP contribution in [0.1, 0.15) is 15.9 Å². The highest BCUT2D eigenvalue weighted by atomic mass is 16.5. The lowest BCUT2D eigenvalue weighted by Crippen LogP contribution is -2.00. The minimum atomic E-state index is -0.371. The van der Waals surface area contributed by atoms with Crippen molar-refractivity contribution in [2.24, 2.45) is 0 Å². The molecule has 3 aromatic rings. The average Bonchev–Trinajstić information content (AvgIpc) is 2.97. The van der Waals surface area contributed by atoms with Gasteiger partial charge < -0.3 is 9.72 Å². The number of benzene rings is 2. The smallest absolute Gasteiger partial charge is 0.337 e. The maximum absolute atomic E-state index is 11.4. The van der Waals surface area contributed by atoms with Crippen LogP contribution in [0.25, 0.3) is 22.4 Å². The molecule has 3 rings (SSSR count). The van der Waals surface area contributed by atoms with E-state index in [1.165, 1.54) is 7.11 Å². The number of methoxy groups -OCH3 is 1. The Morgan fingerprint density at radius 1 is 1.24 bits per heavy atom. The van der Waals surface area contributed by atoms with Crippen LogP contribution in [0.15, 0.2) is 42.5 Å². The van der Waals surface area contributed by atoms with Crippen molar-refractivity contribution in [2.75, 3.05) is 7.11 Å². The van der Waals surface area contributed by atoms with Crippen LogP contribution < -0.4 is 0 Å². The van der Waals surface area contributed by atoms with E-state index in [4.69, 9.17) is 5.26 Å². The number of aromatic nitrogens is 2. The van der Waals surface area contributed by atoms with Gasteiger partial charge in [0.1, 0.15) is 5.82 Å². The molecular formula is C16H11N3O2. The summed E-state index contributed by atoms with van der Waals surface area (Å²) in [6, 6.07) is 14.4. The zero-order chi connectivity index (χ0) is 14.8. The highest BCUT2D eigenvalue weighted by Crippen LogP contribution is 2.21. The maximum atomic E-state index is 11.4. The van der Waals surface area contributed by atoms with Gasteiger partial charge in [0.15, 0.2) is 0 Å². The quantitative estimate of drug-likeness (QED) is 0.730. The fraction of sp³-hybridized carbons (Fsp3) is 0.0625. The van der Waals surface area contributed by atoms with E-state index in [0.29, 0.717) is 17.0 Å². The summed E-state index contributed by atoms with van der Waals surface area (Å²) in [4.78, 5) is 19.0. The maximum Gasteiger partial charge on any atom is 0.337 e. The second kappa shape index (κ2) is 5.10. The zero-order valence-electron chi connectivity index (χ0n) is 11.3. The highest BCUT2D eigenvalue weighted by Gasteiger charge is 2.08. The fourth-order valence-corrected chi connectivity index (χ4v) is 2.10. The molecule has 0 spiro atoms. The van der Waals surface area contributed by atoms with Gasteiger partial charge in [0.2, 0.25) is 0 Å². The molecule has 0 aliphatic carbocycles. The van der Waals surface area contributed by atoms with Gasteiger partial charge in [-0.3, -0.25) is 0 Å². The van der Waals surface area contributed by atoms with E-state index in [-0.39, 0.29) is 5.97 Å². The number of carbonyl (C=O) groups is 1. The number of fused-ring (bicyclic) bond motifs is 1. The molecule has 0 amide bonds. The number of nitriles is 1. The topological polar surface area (TPSA) is 78.8 Å². The van der Waals surface area contributed by atoms with Crippen molar-refractivity contribution in [1.82, 2.24) is 9.97 Å². The minimum Gasteiger partial charge on any atom is -0.465 e. The van der Waals surface area contributed by atoms with Crippen LogP contribution in [0.3, 0.4) is 0 Å². The van der Waals surface area contributed by atoms with Gasteiger partial charge in [-0.25, -0.2) is 9.78 Å². The van der Waals surface area contributed by atoms with E-state index < -0.39 is 0 Å². The SMILES string of the molecule is COC(=O)c1ccc(-c2nc3ccc(C#N)cc3[nH]2)cc1. The Bertz CT molecular complexity index is 857. The molecule has 0 atom stereocenters. The van der Waals surface area contributed by atoms with Crippen molar-refractivity contribution < 1.29 is 9.53 Å². The molecule has 0 bridgehead atoms. The molecule has 0 saturated carbocycles. The van der Waals surface area contributed by atoms with E-state index in [0.717, 1.165) is 16.6 Å². The molecular weight excluding hydrogens is 266 g/mol.